The summed E-state index contributed by atoms with van der Waals surface area (Å²) in [4.78, 5) is 12.4. The Morgan fingerprint density at radius 2 is 2.14 bits per heavy atom. The van der Waals surface area contributed by atoms with Gasteiger partial charge in [-0.3, -0.25) is 9.48 Å². The highest BCUT2D eigenvalue weighted by Crippen LogP contribution is 2.31. The second-order valence-corrected chi connectivity index (χ2v) is 5.80. The highest BCUT2D eigenvalue weighted by molar-refractivity contribution is 6.31. The maximum Gasteiger partial charge on any atom is 0.259 e. The van der Waals surface area contributed by atoms with E-state index in [0.717, 1.165) is 18.5 Å². The van der Waals surface area contributed by atoms with Crippen molar-refractivity contribution in [3.8, 4) is 0 Å². The fourth-order valence-electron chi connectivity index (χ4n) is 2.21. The zero-order chi connectivity index (χ0) is 15.0. The van der Waals surface area contributed by atoms with Gasteiger partial charge in [-0.25, -0.2) is 0 Å². The highest BCUT2D eigenvalue weighted by Gasteiger charge is 2.22. The zero-order valence-corrected chi connectivity index (χ0v) is 12.7. The van der Waals surface area contributed by atoms with Gasteiger partial charge in [0.05, 0.1) is 22.6 Å². The molecular weight excluding hydrogens is 288 g/mol. The van der Waals surface area contributed by atoms with E-state index in [1.165, 1.54) is 0 Å². The number of amides is 1. The Morgan fingerprint density at radius 1 is 1.38 bits per heavy atom. The Kier molecular flexibility index (Phi) is 3.59. The van der Waals surface area contributed by atoms with Crippen molar-refractivity contribution in [3.05, 3.63) is 40.7 Å². The smallest absolute Gasteiger partial charge is 0.259 e. The average Bonchev–Trinajstić information content (AvgIpc) is 3.16. The average molecular weight is 305 g/mol. The van der Waals surface area contributed by atoms with Crippen LogP contribution in [-0.2, 0) is 7.05 Å². The first-order chi connectivity index (χ1) is 10.0. The van der Waals surface area contributed by atoms with Crippen molar-refractivity contribution in [3.63, 3.8) is 0 Å². The molecule has 2 aromatic rings. The van der Waals surface area contributed by atoms with Crippen molar-refractivity contribution >= 4 is 28.9 Å². The summed E-state index contributed by atoms with van der Waals surface area (Å²) >= 11 is 6.04. The first-order valence-electron chi connectivity index (χ1n) is 6.90. The Hall–Kier alpha value is -2.01. The molecule has 1 aliphatic rings. The maximum atomic E-state index is 12.4. The van der Waals surface area contributed by atoms with Crippen LogP contribution >= 0.6 is 11.6 Å². The summed E-state index contributed by atoms with van der Waals surface area (Å²) in [5, 5.41) is 11.1. The van der Waals surface area contributed by atoms with Gasteiger partial charge >= 0.3 is 0 Å². The minimum Gasteiger partial charge on any atom is -0.381 e. The molecule has 0 aliphatic heterocycles. The summed E-state index contributed by atoms with van der Waals surface area (Å²) in [6.07, 6.45) is 4.04. The minimum atomic E-state index is -0.179. The molecule has 0 saturated heterocycles. The lowest BCUT2D eigenvalue weighted by atomic mass is 10.2. The van der Waals surface area contributed by atoms with Crippen LogP contribution in [0.3, 0.4) is 0 Å². The van der Waals surface area contributed by atoms with E-state index in [1.807, 2.05) is 19.1 Å². The van der Waals surface area contributed by atoms with Crippen LogP contribution in [-0.4, -0.2) is 21.7 Å². The minimum absolute atomic E-state index is 0.179. The number of nitrogens with zero attached hydrogens (tertiary/aromatic N) is 2. The lowest BCUT2D eigenvalue weighted by Crippen LogP contribution is -2.14. The number of carbonyl (C=O) groups is 1. The first-order valence-corrected chi connectivity index (χ1v) is 7.28. The van der Waals surface area contributed by atoms with Gasteiger partial charge in [0.2, 0.25) is 0 Å². The molecule has 1 aromatic heterocycles. The lowest BCUT2D eigenvalue weighted by Gasteiger charge is -2.13. The van der Waals surface area contributed by atoms with Crippen molar-refractivity contribution in [2.45, 2.75) is 25.8 Å². The van der Waals surface area contributed by atoms with E-state index in [-0.39, 0.29) is 5.91 Å². The number of aryl methyl sites for hydroxylation is 2. The number of anilines is 2. The Bertz CT molecular complexity index is 691. The number of rotatable bonds is 4. The van der Waals surface area contributed by atoms with Crippen LogP contribution in [0.25, 0.3) is 0 Å². The predicted octanol–water partition coefficient (Wildman–Crippen LogP) is 3.21. The quantitative estimate of drug-likeness (QED) is 0.912. The number of carbonyl (C=O) groups excluding carboxylic acids is 1. The standard InChI is InChI=1S/C15H17ClN4O/c1-9-12(8-20(2)19-9)15(21)18-14-7-10(16)3-6-13(14)17-11-4-5-11/h3,6-8,11,17H,4-5H2,1-2H3,(H,18,21). The molecule has 2 N–H and O–H groups in total. The molecule has 0 radical (unpaired) electrons. The molecule has 1 amide bonds. The summed E-state index contributed by atoms with van der Waals surface area (Å²) in [6.45, 7) is 1.82. The molecule has 21 heavy (non-hydrogen) atoms. The van der Waals surface area contributed by atoms with Crippen LogP contribution in [0.2, 0.25) is 5.02 Å². The lowest BCUT2D eigenvalue weighted by molar-refractivity contribution is 0.102. The van der Waals surface area contributed by atoms with E-state index >= 15 is 0 Å². The summed E-state index contributed by atoms with van der Waals surface area (Å²) in [7, 11) is 1.79. The van der Waals surface area contributed by atoms with Crippen LogP contribution in [0.1, 0.15) is 28.9 Å². The molecule has 1 saturated carbocycles. The SMILES string of the molecule is Cc1nn(C)cc1C(=O)Nc1cc(Cl)ccc1NC1CC1. The summed E-state index contributed by atoms with van der Waals surface area (Å²) < 4.78 is 1.63. The normalized spacial score (nSPS) is 14.0. The summed E-state index contributed by atoms with van der Waals surface area (Å²) in [5.41, 5.74) is 2.86. The van der Waals surface area contributed by atoms with E-state index in [0.29, 0.717) is 28.0 Å². The molecule has 1 aromatic carbocycles. The van der Waals surface area contributed by atoms with Gasteiger partial charge in [0.1, 0.15) is 0 Å². The topological polar surface area (TPSA) is 59.0 Å². The molecule has 1 fully saturated rings. The molecule has 6 heteroatoms. The van der Waals surface area contributed by atoms with Crippen LogP contribution in [0.4, 0.5) is 11.4 Å². The molecular formula is C15H17ClN4O. The van der Waals surface area contributed by atoms with E-state index in [9.17, 15) is 4.79 Å². The van der Waals surface area contributed by atoms with Gasteiger partial charge in [-0.05, 0) is 38.0 Å². The second kappa shape index (κ2) is 5.41. The number of benzene rings is 1. The van der Waals surface area contributed by atoms with Gasteiger partial charge in [0.15, 0.2) is 0 Å². The largest absolute Gasteiger partial charge is 0.381 e. The Labute approximate surface area is 128 Å². The zero-order valence-electron chi connectivity index (χ0n) is 12.0. The van der Waals surface area contributed by atoms with Crippen molar-refractivity contribution in [2.24, 2.45) is 7.05 Å². The number of hydrogen-bond donors (Lipinski definition) is 2. The fourth-order valence-corrected chi connectivity index (χ4v) is 2.38. The number of halogens is 1. The summed E-state index contributed by atoms with van der Waals surface area (Å²) in [5.74, 6) is -0.179. The van der Waals surface area contributed by atoms with Gasteiger partial charge in [0, 0.05) is 24.3 Å². The second-order valence-electron chi connectivity index (χ2n) is 5.36. The molecule has 0 bridgehead atoms. The van der Waals surface area contributed by atoms with Gasteiger partial charge < -0.3 is 10.6 Å². The number of aromatic nitrogens is 2. The Morgan fingerprint density at radius 3 is 2.76 bits per heavy atom. The molecule has 1 aliphatic carbocycles. The van der Waals surface area contributed by atoms with Gasteiger partial charge in [0.25, 0.3) is 5.91 Å². The molecule has 0 unspecified atom stereocenters. The fraction of sp³-hybridized carbons (Fsp3) is 0.333. The van der Waals surface area contributed by atoms with Crippen molar-refractivity contribution in [2.75, 3.05) is 10.6 Å². The van der Waals surface area contributed by atoms with Crippen LogP contribution in [0.15, 0.2) is 24.4 Å². The van der Waals surface area contributed by atoms with Gasteiger partial charge in [-0.2, -0.15) is 5.10 Å². The van der Waals surface area contributed by atoms with E-state index in [2.05, 4.69) is 15.7 Å². The number of nitrogens with one attached hydrogen (secondary N) is 2. The maximum absolute atomic E-state index is 12.4. The third kappa shape index (κ3) is 3.19. The molecule has 1 heterocycles. The van der Waals surface area contributed by atoms with Crippen LogP contribution < -0.4 is 10.6 Å². The molecule has 0 atom stereocenters. The van der Waals surface area contributed by atoms with Crippen molar-refractivity contribution < 1.29 is 4.79 Å². The third-order valence-electron chi connectivity index (χ3n) is 3.42. The Balaban J connectivity index is 1.84. The molecule has 3 rings (SSSR count). The van der Waals surface area contributed by atoms with Gasteiger partial charge in [-0.15, -0.1) is 0 Å². The van der Waals surface area contributed by atoms with E-state index in [4.69, 9.17) is 11.6 Å². The highest BCUT2D eigenvalue weighted by atomic mass is 35.5. The summed E-state index contributed by atoms with van der Waals surface area (Å²) in [6, 6.07) is 5.97. The third-order valence-corrected chi connectivity index (χ3v) is 3.66. The van der Waals surface area contributed by atoms with Gasteiger partial charge in [-0.1, -0.05) is 11.6 Å². The molecule has 110 valence electrons. The van der Waals surface area contributed by atoms with E-state index < -0.39 is 0 Å². The van der Waals surface area contributed by atoms with Crippen molar-refractivity contribution in [1.82, 2.24) is 9.78 Å². The van der Waals surface area contributed by atoms with Crippen molar-refractivity contribution in [1.29, 1.82) is 0 Å². The van der Waals surface area contributed by atoms with Crippen LogP contribution in [0.5, 0.6) is 0 Å². The number of hydrogen-bond acceptors (Lipinski definition) is 3. The monoisotopic (exact) mass is 304 g/mol. The molecule has 5 nitrogen and oxygen atoms in total. The van der Waals surface area contributed by atoms with E-state index in [1.54, 1.807) is 24.0 Å². The first kappa shape index (κ1) is 13.9. The molecule has 0 spiro atoms. The van der Waals surface area contributed by atoms with Crippen LogP contribution in [0, 0.1) is 6.92 Å². The predicted molar refractivity (Wildman–Crippen MR) is 84.0 cm³/mol.